The van der Waals surface area contributed by atoms with Crippen molar-refractivity contribution in [3.63, 3.8) is 0 Å². The molecule has 2 N–H and O–H groups in total. The number of nitriles is 1. The highest BCUT2D eigenvalue weighted by atomic mass is 79.9. The molecule has 0 saturated heterocycles. The molecule has 4 nitrogen and oxygen atoms in total. The number of anilines is 1. The number of hydrogen-bond donors (Lipinski definition) is 1. The van der Waals surface area contributed by atoms with Crippen LogP contribution in [0.2, 0.25) is 0 Å². The second-order valence-corrected chi connectivity index (χ2v) is 3.75. The zero-order valence-electron chi connectivity index (χ0n) is 8.08. The number of esters is 1. The number of nitrogens with two attached hydrogens (primary N) is 1. The first kappa shape index (κ1) is 11.5. The largest absolute Gasteiger partial charge is 0.469 e. The van der Waals surface area contributed by atoms with Gasteiger partial charge in [0.05, 0.1) is 19.1 Å². The molecule has 0 atom stereocenters. The number of halogens is 1. The number of carbonyl (C=O) groups is 1. The van der Waals surface area contributed by atoms with Crippen molar-refractivity contribution < 1.29 is 9.53 Å². The summed E-state index contributed by atoms with van der Waals surface area (Å²) in [6, 6.07) is 5.19. The number of benzene rings is 1. The summed E-state index contributed by atoms with van der Waals surface area (Å²) < 4.78 is 5.15. The highest BCUT2D eigenvalue weighted by molar-refractivity contribution is 9.10. The number of nitrogens with zero attached hydrogens (tertiary/aromatic N) is 1. The van der Waals surface area contributed by atoms with E-state index < -0.39 is 0 Å². The molecule has 15 heavy (non-hydrogen) atoms. The smallest absolute Gasteiger partial charge is 0.310 e. The van der Waals surface area contributed by atoms with Gasteiger partial charge in [0.1, 0.15) is 6.07 Å². The van der Waals surface area contributed by atoms with Gasteiger partial charge in [-0.2, -0.15) is 5.26 Å². The Morgan fingerprint density at radius 3 is 2.87 bits per heavy atom. The van der Waals surface area contributed by atoms with Gasteiger partial charge in [-0.05, 0) is 33.6 Å². The predicted molar refractivity (Wildman–Crippen MR) is 59.0 cm³/mol. The molecular formula is C10H9BrN2O2. The van der Waals surface area contributed by atoms with Gasteiger partial charge in [0.25, 0.3) is 0 Å². The summed E-state index contributed by atoms with van der Waals surface area (Å²) in [4.78, 5) is 11.0. The molecule has 0 fully saturated rings. The Labute approximate surface area is 95.8 Å². The first-order valence-corrected chi connectivity index (χ1v) is 4.92. The standard InChI is InChI=1S/C10H9BrN2O2/c1-15-10(14)3-6-2-7(5-12)8(11)4-9(6)13/h2,4H,3,13H2,1H3. The maximum Gasteiger partial charge on any atom is 0.310 e. The third-order valence-electron chi connectivity index (χ3n) is 1.91. The van der Waals surface area contributed by atoms with Gasteiger partial charge in [-0.3, -0.25) is 4.79 Å². The maximum atomic E-state index is 11.0. The summed E-state index contributed by atoms with van der Waals surface area (Å²) in [5, 5.41) is 8.79. The van der Waals surface area contributed by atoms with E-state index >= 15 is 0 Å². The quantitative estimate of drug-likeness (QED) is 0.653. The zero-order valence-corrected chi connectivity index (χ0v) is 9.67. The van der Waals surface area contributed by atoms with Gasteiger partial charge in [0.2, 0.25) is 0 Å². The second kappa shape index (κ2) is 4.80. The van der Waals surface area contributed by atoms with E-state index in [1.54, 1.807) is 12.1 Å². The van der Waals surface area contributed by atoms with Gasteiger partial charge in [-0.25, -0.2) is 0 Å². The van der Waals surface area contributed by atoms with Gasteiger partial charge in [-0.1, -0.05) is 0 Å². The molecule has 1 rings (SSSR count). The number of carbonyl (C=O) groups excluding carboxylic acids is 1. The lowest BCUT2D eigenvalue weighted by Crippen LogP contribution is -2.07. The van der Waals surface area contributed by atoms with Crippen molar-refractivity contribution in [3.05, 3.63) is 27.7 Å². The Bertz CT molecular complexity index is 438. The highest BCUT2D eigenvalue weighted by Gasteiger charge is 2.10. The summed E-state index contributed by atoms with van der Waals surface area (Å²) in [5.41, 5.74) is 7.21. The van der Waals surface area contributed by atoms with Crippen LogP contribution < -0.4 is 5.73 Å². The van der Waals surface area contributed by atoms with Crippen molar-refractivity contribution >= 4 is 27.6 Å². The Morgan fingerprint density at radius 1 is 1.67 bits per heavy atom. The van der Waals surface area contributed by atoms with Crippen LogP contribution in [0.5, 0.6) is 0 Å². The Hall–Kier alpha value is -1.54. The van der Waals surface area contributed by atoms with Crippen molar-refractivity contribution in [3.8, 4) is 6.07 Å². The van der Waals surface area contributed by atoms with Gasteiger partial charge in [-0.15, -0.1) is 0 Å². The van der Waals surface area contributed by atoms with Crippen molar-refractivity contribution in [1.82, 2.24) is 0 Å². The van der Waals surface area contributed by atoms with Crippen LogP contribution in [-0.4, -0.2) is 13.1 Å². The molecule has 0 amide bonds. The van der Waals surface area contributed by atoms with Crippen molar-refractivity contribution in [2.45, 2.75) is 6.42 Å². The molecule has 5 heteroatoms. The average molecular weight is 269 g/mol. The van der Waals surface area contributed by atoms with Crippen molar-refractivity contribution in [2.24, 2.45) is 0 Å². The van der Waals surface area contributed by atoms with Crippen LogP contribution >= 0.6 is 15.9 Å². The van der Waals surface area contributed by atoms with Gasteiger partial charge < -0.3 is 10.5 Å². The van der Waals surface area contributed by atoms with Crippen LogP contribution in [0.4, 0.5) is 5.69 Å². The number of rotatable bonds is 2. The molecule has 0 aliphatic heterocycles. The fraction of sp³-hybridized carbons (Fsp3) is 0.200. The first-order chi connectivity index (χ1) is 7.08. The van der Waals surface area contributed by atoms with Crippen molar-refractivity contribution in [2.75, 3.05) is 12.8 Å². The zero-order chi connectivity index (χ0) is 11.4. The monoisotopic (exact) mass is 268 g/mol. The van der Waals surface area contributed by atoms with Gasteiger partial charge in [0.15, 0.2) is 0 Å². The molecule has 0 saturated carbocycles. The number of ether oxygens (including phenoxy) is 1. The molecule has 0 radical (unpaired) electrons. The van der Waals surface area contributed by atoms with E-state index in [4.69, 9.17) is 11.0 Å². The fourth-order valence-corrected chi connectivity index (χ4v) is 1.55. The molecule has 0 aromatic heterocycles. The van der Waals surface area contributed by atoms with Crippen LogP contribution in [0, 0.1) is 11.3 Å². The molecule has 1 aromatic carbocycles. The van der Waals surface area contributed by atoms with Gasteiger partial charge in [0, 0.05) is 10.2 Å². The van der Waals surface area contributed by atoms with E-state index in [1.165, 1.54) is 7.11 Å². The lowest BCUT2D eigenvalue weighted by atomic mass is 10.1. The fourth-order valence-electron chi connectivity index (χ4n) is 1.10. The lowest BCUT2D eigenvalue weighted by Gasteiger charge is -2.06. The molecule has 0 aliphatic rings. The minimum atomic E-state index is -0.382. The molecule has 0 heterocycles. The molecule has 0 spiro atoms. The Balaban J connectivity index is 3.09. The second-order valence-electron chi connectivity index (χ2n) is 2.90. The van der Waals surface area contributed by atoms with Crippen LogP contribution in [0.3, 0.4) is 0 Å². The van der Waals surface area contributed by atoms with E-state index in [1.807, 2.05) is 6.07 Å². The summed E-state index contributed by atoms with van der Waals surface area (Å²) >= 11 is 3.21. The number of methoxy groups -OCH3 is 1. The van der Waals surface area contributed by atoms with Crippen LogP contribution in [0.15, 0.2) is 16.6 Å². The lowest BCUT2D eigenvalue weighted by molar-refractivity contribution is -0.139. The molecule has 0 unspecified atom stereocenters. The van der Waals surface area contributed by atoms with Crippen LogP contribution in [-0.2, 0) is 16.0 Å². The average Bonchev–Trinajstić information content (AvgIpc) is 2.21. The van der Waals surface area contributed by atoms with Gasteiger partial charge >= 0.3 is 5.97 Å². The number of hydrogen-bond acceptors (Lipinski definition) is 4. The van der Waals surface area contributed by atoms with Crippen LogP contribution in [0.25, 0.3) is 0 Å². The summed E-state index contributed by atoms with van der Waals surface area (Å²) in [6.07, 6.45) is 0.0737. The molecule has 0 bridgehead atoms. The third kappa shape index (κ3) is 2.70. The Kier molecular flexibility index (Phi) is 3.69. The minimum absolute atomic E-state index is 0.0737. The normalized spacial score (nSPS) is 9.40. The molecule has 0 aliphatic carbocycles. The molecular weight excluding hydrogens is 260 g/mol. The number of nitrogen functional groups attached to an aromatic ring is 1. The predicted octanol–water partition coefficient (Wildman–Crippen LogP) is 1.62. The summed E-state index contributed by atoms with van der Waals surface area (Å²) in [5.74, 6) is -0.382. The highest BCUT2D eigenvalue weighted by Crippen LogP contribution is 2.23. The Morgan fingerprint density at radius 2 is 2.33 bits per heavy atom. The van der Waals surface area contributed by atoms with E-state index in [2.05, 4.69) is 20.7 Å². The van der Waals surface area contributed by atoms with Crippen molar-refractivity contribution in [1.29, 1.82) is 5.26 Å². The van der Waals surface area contributed by atoms with E-state index in [0.29, 0.717) is 21.3 Å². The van der Waals surface area contributed by atoms with E-state index in [9.17, 15) is 4.79 Å². The van der Waals surface area contributed by atoms with E-state index in [0.717, 1.165) is 0 Å². The maximum absolute atomic E-state index is 11.0. The topological polar surface area (TPSA) is 76.1 Å². The SMILES string of the molecule is COC(=O)Cc1cc(C#N)c(Br)cc1N. The summed E-state index contributed by atoms with van der Waals surface area (Å²) in [6.45, 7) is 0. The molecule has 78 valence electrons. The first-order valence-electron chi connectivity index (χ1n) is 4.13. The van der Waals surface area contributed by atoms with E-state index in [-0.39, 0.29) is 12.4 Å². The molecule has 1 aromatic rings. The third-order valence-corrected chi connectivity index (χ3v) is 2.57. The summed E-state index contributed by atoms with van der Waals surface area (Å²) in [7, 11) is 1.31. The minimum Gasteiger partial charge on any atom is -0.469 e. The van der Waals surface area contributed by atoms with Crippen LogP contribution in [0.1, 0.15) is 11.1 Å².